The first-order chi connectivity index (χ1) is 11.7. The number of rotatable bonds is 4. The van der Waals surface area contributed by atoms with Gasteiger partial charge in [-0.2, -0.15) is 0 Å². The van der Waals surface area contributed by atoms with Crippen LogP contribution in [0.5, 0.6) is 0 Å². The zero-order valence-electron chi connectivity index (χ0n) is 13.4. The van der Waals surface area contributed by atoms with Gasteiger partial charge in [0, 0.05) is 0 Å². The predicted octanol–water partition coefficient (Wildman–Crippen LogP) is 3.12. The number of hydrogen-bond donors (Lipinski definition) is 4. The predicted molar refractivity (Wildman–Crippen MR) is 91.0 cm³/mol. The second kappa shape index (κ2) is 19.7. The van der Waals surface area contributed by atoms with Gasteiger partial charge in [-0.25, -0.2) is 20.4 Å². The SMILES string of the molecule is CONc1ccccc1.CONc1ccccc1.N=C=O.N=C=O. The van der Waals surface area contributed by atoms with E-state index >= 15 is 0 Å². The van der Waals surface area contributed by atoms with Gasteiger partial charge in [-0.1, -0.05) is 36.4 Å². The van der Waals surface area contributed by atoms with Crippen molar-refractivity contribution in [1.82, 2.24) is 0 Å². The van der Waals surface area contributed by atoms with E-state index in [0.29, 0.717) is 0 Å². The highest BCUT2D eigenvalue weighted by molar-refractivity contribution is 5.40. The Morgan fingerprint density at radius 3 is 1.17 bits per heavy atom. The van der Waals surface area contributed by atoms with E-state index in [1.54, 1.807) is 14.2 Å². The standard InChI is InChI=1S/2C7H9NO.2CHNO/c2*1-9-8-7-5-3-2-4-6-7;2*2-1-3/h2*2-6,8H,1H3;2*2H. The van der Waals surface area contributed by atoms with Crippen molar-refractivity contribution in [3.05, 3.63) is 60.7 Å². The van der Waals surface area contributed by atoms with Gasteiger partial charge in [0.1, 0.15) is 0 Å². The number of nitrogens with one attached hydrogen (secondary N) is 4. The summed E-state index contributed by atoms with van der Waals surface area (Å²) in [5.41, 5.74) is 7.36. The summed E-state index contributed by atoms with van der Waals surface area (Å²) in [6, 6.07) is 19.4. The van der Waals surface area contributed by atoms with E-state index in [0.717, 1.165) is 23.5 Å². The number of anilines is 2. The van der Waals surface area contributed by atoms with Crippen molar-refractivity contribution in [3.63, 3.8) is 0 Å². The molecular weight excluding hydrogens is 312 g/mol. The van der Waals surface area contributed by atoms with Gasteiger partial charge in [0.05, 0.1) is 25.6 Å². The largest absolute Gasteiger partial charge is 0.279 e. The van der Waals surface area contributed by atoms with E-state index in [2.05, 4.69) is 20.6 Å². The second-order valence-corrected chi connectivity index (χ2v) is 3.55. The maximum absolute atomic E-state index is 8.35. The molecule has 0 aliphatic rings. The molecule has 0 aromatic heterocycles. The Bertz CT molecular complexity index is 514. The normalized spacial score (nSPS) is 7.42. The van der Waals surface area contributed by atoms with Crippen molar-refractivity contribution in [1.29, 1.82) is 10.8 Å². The van der Waals surface area contributed by atoms with Crippen molar-refractivity contribution in [2.24, 2.45) is 0 Å². The highest BCUT2D eigenvalue weighted by Crippen LogP contribution is 2.03. The minimum atomic E-state index is 0.750. The Hall–Kier alpha value is -3.28. The molecule has 0 saturated carbocycles. The van der Waals surface area contributed by atoms with Crippen molar-refractivity contribution in [3.8, 4) is 0 Å². The summed E-state index contributed by atoms with van der Waals surface area (Å²) in [6.45, 7) is 0. The first-order valence-corrected chi connectivity index (χ1v) is 6.45. The van der Waals surface area contributed by atoms with Crippen LogP contribution in [-0.2, 0) is 19.3 Å². The fourth-order valence-corrected chi connectivity index (χ4v) is 1.25. The van der Waals surface area contributed by atoms with Crippen molar-refractivity contribution in [2.45, 2.75) is 0 Å². The molecule has 2 aromatic carbocycles. The van der Waals surface area contributed by atoms with Gasteiger partial charge < -0.3 is 0 Å². The molecule has 0 aliphatic carbocycles. The van der Waals surface area contributed by atoms with Gasteiger partial charge in [-0.3, -0.25) is 20.6 Å². The zero-order chi connectivity index (χ0) is 18.5. The molecule has 24 heavy (non-hydrogen) atoms. The van der Waals surface area contributed by atoms with Crippen LogP contribution in [0.25, 0.3) is 0 Å². The van der Waals surface area contributed by atoms with Crippen LogP contribution in [0.2, 0.25) is 0 Å². The molecule has 0 heterocycles. The number of benzene rings is 2. The lowest BCUT2D eigenvalue weighted by molar-refractivity contribution is 0.271. The third kappa shape index (κ3) is 16.8. The molecule has 2 rings (SSSR count). The first-order valence-electron chi connectivity index (χ1n) is 6.45. The molecule has 4 N–H and O–H groups in total. The summed E-state index contributed by atoms with van der Waals surface area (Å²) in [5.74, 6) is 0. The maximum Gasteiger partial charge on any atom is 0.231 e. The third-order valence-electron chi connectivity index (χ3n) is 1.99. The lowest BCUT2D eigenvalue weighted by atomic mass is 10.3. The van der Waals surface area contributed by atoms with Crippen molar-refractivity contribution < 1.29 is 19.3 Å². The average molecular weight is 332 g/mol. The quantitative estimate of drug-likeness (QED) is 0.387. The molecule has 0 bridgehead atoms. The van der Waals surface area contributed by atoms with E-state index in [4.69, 9.17) is 20.4 Å². The Kier molecular flexibility index (Phi) is 18.9. The highest BCUT2D eigenvalue weighted by Gasteiger charge is 1.82. The van der Waals surface area contributed by atoms with Crippen LogP contribution in [0.3, 0.4) is 0 Å². The summed E-state index contributed by atoms with van der Waals surface area (Å²) < 4.78 is 0. The average Bonchev–Trinajstić information content (AvgIpc) is 2.59. The molecule has 0 amide bonds. The summed E-state index contributed by atoms with van der Waals surface area (Å²) in [7, 11) is 3.18. The Morgan fingerprint density at radius 1 is 0.708 bits per heavy atom. The molecule has 0 unspecified atom stereocenters. The highest BCUT2D eigenvalue weighted by atomic mass is 16.6. The summed E-state index contributed by atoms with van der Waals surface area (Å²) in [4.78, 5) is 26.1. The summed E-state index contributed by atoms with van der Waals surface area (Å²) >= 11 is 0. The van der Waals surface area contributed by atoms with Crippen LogP contribution in [0.1, 0.15) is 0 Å². The summed E-state index contributed by atoms with van der Waals surface area (Å²) in [5, 5.41) is 10.8. The molecule has 8 nitrogen and oxygen atoms in total. The molecule has 0 spiro atoms. The van der Waals surface area contributed by atoms with Crippen LogP contribution in [0.4, 0.5) is 11.4 Å². The molecule has 0 radical (unpaired) electrons. The van der Waals surface area contributed by atoms with Crippen LogP contribution in [0.15, 0.2) is 60.7 Å². The first kappa shape index (κ1) is 23.0. The van der Waals surface area contributed by atoms with Gasteiger partial charge >= 0.3 is 0 Å². The maximum atomic E-state index is 8.35. The van der Waals surface area contributed by atoms with Crippen LogP contribution in [0, 0.1) is 10.8 Å². The fourth-order valence-electron chi connectivity index (χ4n) is 1.25. The zero-order valence-corrected chi connectivity index (χ0v) is 13.4. The van der Waals surface area contributed by atoms with E-state index in [-0.39, 0.29) is 0 Å². The molecular formula is C16H20N4O4. The minimum Gasteiger partial charge on any atom is -0.279 e. The molecule has 2 aromatic rings. The minimum absolute atomic E-state index is 0.750. The van der Waals surface area contributed by atoms with Gasteiger partial charge in [0.15, 0.2) is 0 Å². The van der Waals surface area contributed by atoms with Crippen LogP contribution < -0.4 is 11.0 Å². The van der Waals surface area contributed by atoms with Gasteiger partial charge in [0.25, 0.3) is 0 Å². The lowest BCUT2D eigenvalue weighted by Crippen LogP contribution is -1.93. The molecule has 0 saturated heterocycles. The third-order valence-corrected chi connectivity index (χ3v) is 1.99. The molecule has 0 fully saturated rings. The van der Waals surface area contributed by atoms with Gasteiger partial charge in [-0.15, -0.1) is 0 Å². The fraction of sp³-hybridized carbons (Fsp3) is 0.125. The Morgan fingerprint density at radius 2 is 0.958 bits per heavy atom. The van der Waals surface area contributed by atoms with Crippen molar-refractivity contribution in [2.75, 3.05) is 25.2 Å². The topological polar surface area (TPSA) is 124 Å². The number of isocyanates is 2. The van der Waals surface area contributed by atoms with Gasteiger partial charge in [0.2, 0.25) is 12.2 Å². The molecule has 8 heteroatoms. The number of carbonyl (C=O) groups excluding carboxylic acids is 2. The molecule has 0 aliphatic heterocycles. The van der Waals surface area contributed by atoms with E-state index in [1.165, 1.54) is 0 Å². The van der Waals surface area contributed by atoms with Crippen molar-refractivity contribution >= 4 is 23.5 Å². The Balaban J connectivity index is 0. The monoisotopic (exact) mass is 332 g/mol. The number of para-hydroxylation sites is 2. The molecule has 0 atom stereocenters. The van der Waals surface area contributed by atoms with E-state index < -0.39 is 0 Å². The van der Waals surface area contributed by atoms with E-state index in [9.17, 15) is 0 Å². The smallest absolute Gasteiger partial charge is 0.231 e. The van der Waals surface area contributed by atoms with Crippen LogP contribution in [-0.4, -0.2) is 26.4 Å². The van der Waals surface area contributed by atoms with Crippen LogP contribution >= 0.6 is 0 Å². The lowest BCUT2D eigenvalue weighted by Gasteiger charge is -1.99. The Labute approximate surface area is 140 Å². The summed E-state index contributed by atoms with van der Waals surface area (Å²) in [6.07, 6.45) is 1.50. The number of hydrogen-bond acceptors (Lipinski definition) is 8. The second-order valence-electron chi connectivity index (χ2n) is 3.55. The van der Waals surface area contributed by atoms with Gasteiger partial charge in [-0.05, 0) is 24.3 Å². The molecule has 128 valence electrons. The van der Waals surface area contributed by atoms with E-state index in [1.807, 2.05) is 60.7 Å².